The zero-order chi connectivity index (χ0) is 16.8. The van der Waals surface area contributed by atoms with E-state index in [0.717, 1.165) is 35.2 Å². The van der Waals surface area contributed by atoms with E-state index in [9.17, 15) is 18.4 Å². The van der Waals surface area contributed by atoms with Crippen LogP contribution in [-0.4, -0.2) is 29.2 Å². The van der Waals surface area contributed by atoms with Crippen molar-refractivity contribution < 1.29 is 23.1 Å². The van der Waals surface area contributed by atoms with Gasteiger partial charge < -0.3 is 10.1 Å². The summed E-state index contributed by atoms with van der Waals surface area (Å²) in [6.45, 7) is 1.91. The minimum absolute atomic E-state index is 0.0725. The Morgan fingerprint density at radius 1 is 1.39 bits per heavy atom. The van der Waals surface area contributed by atoms with Crippen LogP contribution in [0.1, 0.15) is 17.4 Å². The number of carbonyl (C=O) groups excluding carboxylic acids is 2. The van der Waals surface area contributed by atoms with E-state index in [4.69, 9.17) is 4.74 Å². The minimum Gasteiger partial charge on any atom is -0.461 e. The third kappa shape index (κ3) is 5.00. The lowest BCUT2D eigenvalue weighted by molar-refractivity contribution is -0.113. The highest BCUT2D eigenvalue weighted by molar-refractivity contribution is 8.00. The number of hydrogen-bond acceptors (Lipinski definition) is 6. The van der Waals surface area contributed by atoms with E-state index in [1.807, 2.05) is 0 Å². The molecule has 0 saturated heterocycles. The third-order valence-electron chi connectivity index (χ3n) is 2.49. The number of hydrogen-bond donors (Lipinski definition) is 1. The van der Waals surface area contributed by atoms with Gasteiger partial charge in [-0.25, -0.2) is 18.6 Å². The van der Waals surface area contributed by atoms with Crippen LogP contribution in [0.3, 0.4) is 0 Å². The van der Waals surface area contributed by atoms with Gasteiger partial charge in [-0.05, 0) is 19.1 Å². The summed E-state index contributed by atoms with van der Waals surface area (Å²) >= 11 is 2.02. The molecule has 1 amide bonds. The number of thiazole rings is 1. The van der Waals surface area contributed by atoms with Gasteiger partial charge in [0.2, 0.25) is 5.91 Å². The number of halogens is 2. The number of amides is 1. The molecule has 0 aliphatic rings. The SMILES string of the molecule is CCOC(=O)c1csc(NC(=O)CSc2ccc(F)cc2F)n1. The van der Waals surface area contributed by atoms with E-state index in [1.165, 1.54) is 11.4 Å². The second-order valence-electron chi connectivity index (χ2n) is 4.17. The van der Waals surface area contributed by atoms with Gasteiger partial charge in [0.1, 0.15) is 11.6 Å². The molecule has 0 aliphatic carbocycles. The lowest BCUT2D eigenvalue weighted by Gasteiger charge is -2.03. The van der Waals surface area contributed by atoms with Gasteiger partial charge in [-0.2, -0.15) is 0 Å². The molecule has 122 valence electrons. The fourth-order valence-electron chi connectivity index (χ4n) is 1.52. The van der Waals surface area contributed by atoms with Crippen LogP contribution in [0.15, 0.2) is 28.5 Å². The van der Waals surface area contributed by atoms with Crippen LogP contribution in [0.4, 0.5) is 13.9 Å². The topological polar surface area (TPSA) is 68.3 Å². The maximum absolute atomic E-state index is 13.4. The van der Waals surface area contributed by atoms with Crippen LogP contribution in [0.5, 0.6) is 0 Å². The third-order valence-corrected chi connectivity index (χ3v) is 4.29. The summed E-state index contributed by atoms with van der Waals surface area (Å²) in [5.41, 5.74) is 0.115. The molecule has 0 atom stereocenters. The molecule has 0 saturated carbocycles. The average Bonchev–Trinajstić information content (AvgIpc) is 2.95. The van der Waals surface area contributed by atoms with Crippen LogP contribution in [0, 0.1) is 11.6 Å². The largest absolute Gasteiger partial charge is 0.461 e. The first-order valence-corrected chi connectivity index (χ1v) is 8.36. The maximum atomic E-state index is 13.4. The van der Waals surface area contributed by atoms with Crippen molar-refractivity contribution in [1.29, 1.82) is 0 Å². The van der Waals surface area contributed by atoms with Crippen molar-refractivity contribution in [2.24, 2.45) is 0 Å². The first-order chi connectivity index (χ1) is 11.0. The molecule has 5 nitrogen and oxygen atoms in total. The van der Waals surface area contributed by atoms with Gasteiger partial charge in [0.15, 0.2) is 10.8 Å². The van der Waals surface area contributed by atoms with Crippen molar-refractivity contribution in [3.63, 3.8) is 0 Å². The summed E-state index contributed by atoms with van der Waals surface area (Å²) in [6, 6.07) is 3.15. The molecule has 0 radical (unpaired) electrons. The molecular weight excluding hydrogens is 346 g/mol. The van der Waals surface area contributed by atoms with Crippen LogP contribution < -0.4 is 5.32 Å². The molecule has 0 spiro atoms. The smallest absolute Gasteiger partial charge is 0.357 e. The van der Waals surface area contributed by atoms with Crippen molar-refractivity contribution in [3.05, 3.63) is 40.9 Å². The highest BCUT2D eigenvalue weighted by atomic mass is 32.2. The van der Waals surface area contributed by atoms with Gasteiger partial charge in [-0.3, -0.25) is 4.79 Å². The number of aromatic nitrogens is 1. The van der Waals surface area contributed by atoms with Gasteiger partial charge in [-0.15, -0.1) is 23.1 Å². The van der Waals surface area contributed by atoms with Crippen molar-refractivity contribution >= 4 is 40.1 Å². The number of nitrogens with zero attached hydrogens (tertiary/aromatic N) is 1. The molecule has 2 rings (SSSR count). The van der Waals surface area contributed by atoms with E-state index in [2.05, 4.69) is 10.3 Å². The summed E-state index contributed by atoms with van der Waals surface area (Å²) in [7, 11) is 0. The molecule has 1 aromatic carbocycles. The lowest BCUT2D eigenvalue weighted by atomic mass is 10.3. The molecule has 0 bridgehead atoms. The van der Waals surface area contributed by atoms with E-state index in [-0.39, 0.29) is 28.1 Å². The number of carbonyl (C=O) groups is 2. The zero-order valence-corrected chi connectivity index (χ0v) is 13.6. The van der Waals surface area contributed by atoms with Crippen molar-refractivity contribution in [1.82, 2.24) is 4.98 Å². The quantitative estimate of drug-likeness (QED) is 0.634. The Labute approximate surface area is 139 Å². The second kappa shape index (κ2) is 8.02. The molecule has 0 unspecified atom stereocenters. The van der Waals surface area contributed by atoms with Crippen LogP contribution in [-0.2, 0) is 9.53 Å². The predicted molar refractivity (Wildman–Crippen MR) is 83.8 cm³/mol. The first-order valence-electron chi connectivity index (χ1n) is 6.50. The molecule has 0 aliphatic heterocycles. The lowest BCUT2D eigenvalue weighted by Crippen LogP contribution is -2.14. The normalized spacial score (nSPS) is 10.4. The molecule has 1 N–H and O–H groups in total. The predicted octanol–water partition coefficient (Wildman–Crippen LogP) is 3.33. The van der Waals surface area contributed by atoms with E-state index >= 15 is 0 Å². The Kier molecular flexibility index (Phi) is 6.05. The Morgan fingerprint density at radius 2 is 2.17 bits per heavy atom. The second-order valence-corrected chi connectivity index (χ2v) is 6.05. The monoisotopic (exact) mass is 358 g/mol. The van der Waals surface area contributed by atoms with Crippen LogP contribution >= 0.6 is 23.1 Å². The van der Waals surface area contributed by atoms with E-state index < -0.39 is 23.5 Å². The standard InChI is InChI=1S/C14H12F2N2O3S2/c1-2-21-13(20)10-6-23-14(17-10)18-12(19)7-22-11-4-3-8(15)5-9(11)16/h3-6H,2,7H2,1H3,(H,17,18,19). The summed E-state index contributed by atoms with van der Waals surface area (Å²) in [5, 5.41) is 4.22. The van der Waals surface area contributed by atoms with Crippen LogP contribution in [0.2, 0.25) is 0 Å². The number of esters is 1. The molecule has 0 fully saturated rings. The number of rotatable bonds is 6. The highest BCUT2D eigenvalue weighted by Gasteiger charge is 2.14. The molecular formula is C14H12F2N2O3S2. The number of nitrogens with one attached hydrogen (secondary N) is 1. The first kappa shape index (κ1) is 17.4. The molecule has 23 heavy (non-hydrogen) atoms. The number of ether oxygens (including phenoxy) is 1. The summed E-state index contributed by atoms with van der Waals surface area (Å²) in [4.78, 5) is 27.3. The molecule has 1 heterocycles. The maximum Gasteiger partial charge on any atom is 0.357 e. The van der Waals surface area contributed by atoms with Gasteiger partial charge in [0.05, 0.1) is 12.4 Å². The summed E-state index contributed by atoms with van der Waals surface area (Å²) in [5.74, 6) is -2.45. The Bertz CT molecular complexity index is 722. The number of thioether (sulfide) groups is 1. The van der Waals surface area contributed by atoms with E-state index in [0.29, 0.717) is 0 Å². The fraction of sp³-hybridized carbons (Fsp3) is 0.214. The van der Waals surface area contributed by atoms with Gasteiger partial charge in [0.25, 0.3) is 0 Å². The van der Waals surface area contributed by atoms with Gasteiger partial charge >= 0.3 is 5.97 Å². The average molecular weight is 358 g/mol. The summed E-state index contributed by atoms with van der Waals surface area (Å²) < 4.78 is 31.0. The highest BCUT2D eigenvalue weighted by Crippen LogP contribution is 2.23. The number of benzene rings is 1. The van der Waals surface area contributed by atoms with Gasteiger partial charge in [0, 0.05) is 16.3 Å². The van der Waals surface area contributed by atoms with Gasteiger partial charge in [-0.1, -0.05) is 0 Å². The molecule has 1 aromatic heterocycles. The molecule has 2 aromatic rings. The zero-order valence-electron chi connectivity index (χ0n) is 12.0. The summed E-state index contributed by atoms with van der Waals surface area (Å²) in [6.07, 6.45) is 0. The minimum atomic E-state index is -0.721. The number of anilines is 1. The van der Waals surface area contributed by atoms with Crippen molar-refractivity contribution in [3.8, 4) is 0 Å². The Balaban J connectivity index is 1.88. The van der Waals surface area contributed by atoms with Crippen molar-refractivity contribution in [2.75, 3.05) is 17.7 Å². The molecule has 9 heteroatoms. The van der Waals surface area contributed by atoms with Crippen LogP contribution in [0.25, 0.3) is 0 Å². The fourth-order valence-corrected chi connectivity index (χ4v) is 2.94. The Hall–Kier alpha value is -2.00. The van der Waals surface area contributed by atoms with E-state index in [1.54, 1.807) is 6.92 Å². The van der Waals surface area contributed by atoms with Crippen molar-refractivity contribution in [2.45, 2.75) is 11.8 Å². The Morgan fingerprint density at radius 3 is 2.87 bits per heavy atom.